The zero-order chi connectivity index (χ0) is 15.2. The molecule has 0 unspecified atom stereocenters. The number of hydrogen-bond donors (Lipinski definition) is 1. The SMILES string of the molecule is Cc1cc(OCCC(=O)N2CCNCC2)ccc1[N+](=O)[O-]. The van der Waals surface area contributed by atoms with Crippen LogP contribution in [0.3, 0.4) is 0 Å². The molecule has 114 valence electrons. The monoisotopic (exact) mass is 293 g/mol. The fraction of sp³-hybridized carbons (Fsp3) is 0.500. The van der Waals surface area contributed by atoms with Gasteiger partial charge in [0, 0.05) is 37.8 Å². The molecule has 1 aromatic carbocycles. The molecule has 1 heterocycles. The Kier molecular flexibility index (Phi) is 5.10. The molecule has 0 spiro atoms. The Hall–Kier alpha value is -2.15. The fourth-order valence-corrected chi connectivity index (χ4v) is 2.25. The Labute approximate surface area is 123 Å². The van der Waals surface area contributed by atoms with Crippen LogP contribution >= 0.6 is 0 Å². The number of rotatable bonds is 5. The number of carbonyl (C=O) groups is 1. The van der Waals surface area contributed by atoms with Crippen molar-refractivity contribution in [1.29, 1.82) is 0 Å². The summed E-state index contributed by atoms with van der Waals surface area (Å²) in [5.41, 5.74) is 0.616. The van der Waals surface area contributed by atoms with Gasteiger partial charge in [0.1, 0.15) is 5.75 Å². The number of nitrogens with zero attached hydrogens (tertiary/aromatic N) is 2. The van der Waals surface area contributed by atoms with Crippen molar-refractivity contribution in [2.45, 2.75) is 13.3 Å². The predicted molar refractivity (Wildman–Crippen MR) is 77.4 cm³/mol. The van der Waals surface area contributed by atoms with Crippen LogP contribution in [0.2, 0.25) is 0 Å². The van der Waals surface area contributed by atoms with E-state index in [0.717, 1.165) is 26.2 Å². The van der Waals surface area contributed by atoms with Gasteiger partial charge in [-0.25, -0.2) is 0 Å². The summed E-state index contributed by atoms with van der Waals surface area (Å²) in [6.45, 7) is 5.06. The van der Waals surface area contributed by atoms with Gasteiger partial charge in [-0.1, -0.05) is 0 Å². The zero-order valence-electron chi connectivity index (χ0n) is 12.0. The summed E-state index contributed by atoms with van der Waals surface area (Å²) in [6.07, 6.45) is 0.316. The van der Waals surface area contributed by atoms with Gasteiger partial charge in [0.2, 0.25) is 5.91 Å². The molecule has 1 fully saturated rings. The minimum Gasteiger partial charge on any atom is -0.493 e. The topological polar surface area (TPSA) is 84.7 Å². The molecular weight excluding hydrogens is 274 g/mol. The molecule has 1 aromatic rings. The largest absolute Gasteiger partial charge is 0.493 e. The zero-order valence-corrected chi connectivity index (χ0v) is 12.0. The highest BCUT2D eigenvalue weighted by Crippen LogP contribution is 2.23. The van der Waals surface area contributed by atoms with Crippen molar-refractivity contribution in [3.63, 3.8) is 0 Å². The van der Waals surface area contributed by atoms with Crippen LogP contribution in [-0.4, -0.2) is 48.5 Å². The van der Waals surface area contributed by atoms with E-state index in [1.165, 1.54) is 6.07 Å². The normalized spacial score (nSPS) is 14.8. The predicted octanol–water partition coefficient (Wildman–Crippen LogP) is 1.10. The molecule has 1 aliphatic heterocycles. The third kappa shape index (κ3) is 4.16. The number of benzene rings is 1. The first-order valence-corrected chi connectivity index (χ1v) is 6.94. The van der Waals surface area contributed by atoms with Crippen LogP contribution in [-0.2, 0) is 4.79 Å². The molecule has 21 heavy (non-hydrogen) atoms. The lowest BCUT2D eigenvalue weighted by molar-refractivity contribution is -0.385. The number of hydrogen-bond acceptors (Lipinski definition) is 5. The maximum Gasteiger partial charge on any atom is 0.272 e. The number of ether oxygens (including phenoxy) is 1. The van der Waals surface area contributed by atoms with Crippen molar-refractivity contribution in [2.75, 3.05) is 32.8 Å². The Morgan fingerprint density at radius 3 is 2.76 bits per heavy atom. The molecule has 1 saturated heterocycles. The van der Waals surface area contributed by atoms with Crippen LogP contribution in [0.25, 0.3) is 0 Å². The quantitative estimate of drug-likeness (QED) is 0.649. The lowest BCUT2D eigenvalue weighted by atomic mass is 10.2. The molecule has 7 heteroatoms. The van der Waals surface area contributed by atoms with Crippen molar-refractivity contribution in [3.8, 4) is 5.75 Å². The number of piperazine rings is 1. The third-order valence-corrected chi connectivity index (χ3v) is 3.42. The molecule has 0 aliphatic carbocycles. The number of carbonyl (C=O) groups excluding carboxylic acids is 1. The maximum atomic E-state index is 11.9. The minimum atomic E-state index is -0.424. The van der Waals surface area contributed by atoms with E-state index in [0.29, 0.717) is 17.7 Å². The summed E-state index contributed by atoms with van der Waals surface area (Å²) in [5.74, 6) is 0.626. The van der Waals surface area contributed by atoms with Crippen LogP contribution in [0.1, 0.15) is 12.0 Å². The summed E-state index contributed by atoms with van der Waals surface area (Å²) < 4.78 is 5.50. The molecule has 0 saturated carbocycles. The summed E-state index contributed by atoms with van der Waals surface area (Å²) >= 11 is 0. The van der Waals surface area contributed by atoms with Gasteiger partial charge in [-0.3, -0.25) is 14.9 Å². The Morgan fingerprint density at radius 1 is 1.43 bits per heavy atom. The molecule has 1 N–H and O–H groups in total. The first-order chi connectivity index (χ1) is 10.1. The van der Waals surface area contributed by atoms with E-state index in [1.54, 1.807) is 19.1 Å². The smallest absolute Gasteiger partial charge is 0.272 e. The summed E-state index contributed by atoms with van der Waals surface area (Å²) in [5, 5.41) is 13.9. The third-order valence-electron chi connectivity index (χ3n) is 3.42. The maximum absolute atomic E-state index is 11.9. The number of amides is 1. The molecule has 0 radical (unpaired) electrons. The average Bonchev–Trinajstić information content (AvgIpc) is 2.47. The number of aryl methyl sites for hydroxylation is 1. The van der Waals surface area contributed by atoms with Gasteiger partial charge in [0.25, 0.3) is 5.69 Å². The first-order valence-electron chi connectivity index (χ1n) is 6.94. The van der Waals surface area contributed by atoms with E-state index in [1.807, 2.05) is 4.90 Å². The lowest BCUT2D eigenvalue weighted by Gasteiger charge is -2.27. The lowest BCUT2D eigenvalue weighted by Crippen LogP contribution is -2.46. The van der Waals surface area contributed by atoms with Crippen molar-refractivity contribution in [3.05, 3.63) is 33.9 Å². The number of nitrogens with one attached hydrogen (secondary N) is 1. The second kappa shape index (κ2) is 7.03. The van der Waals surface area contributed by atoms with Crippen molar-refractivity contribution < 1.29 is 14.5 Å². The van der Waals surface area contributed by atoms with E-state index >= 15 is 0 Å². The highest BCUT2D eigenvalue weighted by atomic mass is 16.6. The van der Waals surface area contributed by atoms with Crippen molar-refractivity contribution in [2.24, 2.45) is 0 Å². The highest BCUT2D eigenvalue weighted by molar-refractivity contribution is 5.76. The Bertz CT molecular complexity index is 527. The van der Waals surface area contributed by atoms with Crippen molar-refractivity contribution >= 4 is 11.6 Å². The van der Waals surface area contributed by atoms with Gasteiger partial charge >= 0.3 is 0 Å². The molecule has 7 nitrogen and oxygen atoms in total. The Morgan fingerprint density at radius 2 is 2.14 bits per heavy atom. The van der Waals surface area contributed by atoms with E-state index in [2.05, 4.69) is 5.32 Å². The first kappa shape index (κ1) is 15.2. The van der Waals surface area contributed by atoms with Crippen LogP contribution in [0.4, 0.5) is 5.69 Å². The molecule has 0 aromatic heterocycles. The number of nitro groups is 1. The van der Waals surface area contributed by atoms with E-state index in [-0.39, 0.29) is 18.2 Å². The van der Waals surface area contributed by atoms with Crippen LogP contribution in [0, 0.1) is 17.0 Å². The van der Waals surface area contributed by atoms with Gasteiger partial charge in [0.15, 0.2) is 0 Å². The van der Waals surface area contributed by atoms with Gasteiger partial charge in [-0.05, 0) is 19.1 Å². The van der Waals surface area contributed by atoms with Gasteiger partial charge < -0.3 is 15.0 Å². The van der Waals surface area contributed by atoms with Crippen LogP contribution in [0.15, 0.2) is 18.2 Å². The van der Waals surface area contributed by atoms with Crippen molar-refractivity contribution in [1.82, 2.24) is 10.2 Å². The van der Waals surface area contributed by atoms with E-state index in [9.17, 15) is 14.9 Å². The summed E-state index contributed by atoms with van der Waals surface area (Å²) in [7, 11) is 0. The van der Waals surface area contributed by atoms with E-state index in [4.69, 9.17) is 4.74 Å². The standard InChI is InChI=1S/C14H19N3O4/c1-11-10-12(2-3-13(11)17(19)20)21-9-4-14(18)16-7-5-15-6-8-16/h2-3,10,15H,4-9H2,1H3. The molecule has 0 bridgehead atoms. The second-order valence-electron chi connectivity index (χ2n) is 4.93. The molecular formula is C14H19N3O4. The Balaban J connectivity index is 1.81. The molecule has 1 aliphatic rings. The van der Waals surface area contributed by atoms with Crippen LogP contribution in [0.5, 0.6) is 5.75 Å². The average molecular weight is 293 g/mol. The second-order valence-corrected chi connectivity index (χ2v) is 4.93. The highest BCUT2D eigenvalue weighted by Gasteiger charge is 2.16. The summed E-state index contributed by atoms with van der Waals surface area (Å²) in [4.78, 5) is 24.0. The minimum absolute atomic E-state index is 0.0687. The summed E-state index contributed by atoms with van der Waals surface area (Å²) in [6, 6.07) is 4.59. The molecule has 1 amide bonds. The fourth-order valence-electron chi connectivity index (χ4n) is 2.25. The molecule has 2 rings (SSSR count). The molecule has 0 atom stereocenters. The number of nitro benzene ring substituents is 1. The van der Waals surface area contributed by atoms with Gasteiger partial charge in [-0.15, -0.1) is 0 Å². The van der Waals surface area contributed by atoms with E-state index < -0.39 is 4.92 Å². The van der Waals surface area contributed by atoms with Crippen LogP contribution < -0.4 is 10.1 Å². The van der Waals surface area contributed by atoms with Gasteiger partial charge in [-0.2, -0.15) is 0 Å². The van der Waals surface area contributed by atoms with Gasteiger partial charge in [0.05, 0.1) is 18.0 Å².